The van der Waals surface area contributed by atoms with Crippen molar-refractivity contribution >= 4 is 10.8 Å². The lowest BCUT2D eigenvalue weighted by molar-refractivity contribution is 0.487. The van der Waals surface area contributed by atoms with Gasteiger partial charge in [0.15, 0.2) is 0 Å². The molecule has 1 aromatic carbocycles. The van der Waals surface area contributed by atoms with Gasteiger partial charge >= 0.3 is 0 Å². The summed E-state index contributed by atoms with van der Waals surface area (Å²) in [4.78, 5) is 4.23. The van der Waals surface area contributed by atoms with Gasteiger partial charge in [0.05, 0.1) is 22.8 Å². The number of halogens is 1. The highest BCUT2D eigenvalue weighted by atomic mass is 32.2. The molecule has 0 aliphatic carbocycles. The number of rotatable bonds is 5. The molecule has 3 rings (SSSR count). The van der Waals surface area contributed by atoms with E-state index < -0.39 is 10.8 Å². The van der Waals surface area contributed by atoms with Crippen LogP contribution in [-0.2, 0) is 22.3 Å². The van der Waals surface area contributed by atoms with E-state index >= 15 is 0 Å². The third-order valence-electron chi connectivity index (χ3n) is 3.40. The van der Waals surface area contributed by atoms with E-state index in [1.807, 2.05) is 13.8 Å². The van der Waals surface area contributed by atoms with Crippen LogP contribution < -0.4 is 0 Å². The second kappa shape index (κ2) is 6.45. The summed E-state index contributed by atoms with van der Waals surface area (Å²) in [5, 5.41) is 4.36. The van der Waals surface area contributed by atoms with Crippen molar-refractivity contribution in [2.24, 2.45) is 0 Å². The number of benzene rings is 1. The van der Waals surface area contributed by atoms with Crippen molar-refractivity contribution in [1.29, 1.82) is 0 Å². The molecule has 5 nitrogen and oxygen atoms in total. The van der Waals surface area contributed by atoms with E-state index in [2.05, 4.69) is 10.1 Å². The molecule has 0 saturated carbocycles. The molecule has 1 atom stereocenters. The zero-order chi connectivity index (χ0) is 16.4. The summed E-state index contributed by atoms with van der Waals surface area (Å²) >= 11 is 0. The van der Waals surface area contributed by atoms with Gasteiger partial charge in [-0.2, -0.15) is 5.10 Å². The van der Waals surface area contributed by atoms with Crippen LogP contribution in [-0.4, -0.2) is 19.0 Å². The lowest BCUT2D eigenvalue weighted by Crippen LogP contribution is -2.02. The second-order valence-corrected chi connectivity index (χ2v) is 6.66. The van der Waals surface area contributed by atoms with Crippen LogP contribution in [0.2, 0.25) is 0 Å². The van der Waals surface area contributed by atoms with Gasteiger partial charge in [-0.05, 0) is 44.2 Å². The predicted molar refractivity (Wildman–Crippen MR) is 85.0 cm³/mol. The number of nitrogens with zero attached hydrogens (tertiary/aromatic N) is 3. The fourth-order valence-corrected chi connectivity index (χ4v) is 3.12. The summed E-state index contributed by atoms with van der Waals surface area (Å²) in [6.07, 6.45) is 1.76. The number of oxazole rings is 1. The minimum absolute atomic E-state index is 0.262. The van der Waals surface area contributed by atoms with Crippen LogP contribution in [0.3, 0.4) is 0 Å². The number of aryl methyl sites for hydroxylation is 2. The smallest absolute Gasteiger partial charge is 0.207 e. The molecule has 0 bridgehead atoms. The molecule has 0 radical (unpaired) electrons. The average Bonchev–Trinajstić information content (AvgIpc) is 3.07. The first-order valence-corrected chi connectivity index (χ1v) is 8.58. The molecule has 0 amide bonds. The van der Waals surface area contributed by atoms with Crippen molar-refractivity contribution in [3.05, 3.63) is 65.4 Å². The molecule has 2 aromatic heterocycles. The highest BCUT2D eigenvalue weighted by Gasteiger charge is 2.12. The van der Waals surface area contributed by atoms with Crippen molar-refractivity contribution in [2.45, 2.75) is 25.4 Å². The fourth-order valence-electron chi connectivity index (χ4n) is 2.13. The Morgan fingerprint density at radius 1 is 1.17 bits per heavy atom. The Hall–Kier alpha value is -2.28. The summed E-state index contributed by atoms with van der Waals surface area (Å²) in [7, 11) is -1.16. The van der Waals surface area contributed by atoms with Crippen LogP contribution in [0.15, 0.2) is 40.9 Å². The Kier molecular flexibility index (Phi) is 4.38. The Balaban J connectivity index is 1.66. The maximum Gasteiger partial charge on any atom is 0.207 e. The van der Waals surface area contributed by atoms with E-state index in [0.29, 0.717) is 17.3 Å². The summed E-state index contributed by atoms with van der Waals surface area (Å²) in [5.74, 6) is 1.51. The van der Waals surface area contributed by atoms with Gasteiger partial charge in [0, 0.05) is 17.0 Å². The van der Waals surface area contributed by atoms with Crippen LogP contribution in [0.5, 0.6) is 0 Å². The van der Waals surface area contributed by atoms with E-state index in [-0.39, 0.29) is 11.6 Å². The van der Waals surface area contributed by atoms with Gasteiger partial charge in [0.1, 0.15) is 17.3 Å². The largest absolute Gasteiger partial charge is 0.445 e. The highest BCUT2D eigenvalue weighted by molar-refractivity contribution is 7.83. The van der Waals surface area contributed by atoms with E-state index in [9.17, 15) is 8.60 Å². The van der Waals surface area contributed by atoms with Crippen LogP contribution >= 0.6 is 0 Å². The van der Waals surface area contributed by atoms with Crippen molar-refractivity contribution < 1.29 is 13.0 Å². The van der Waals surface area contributed by atoms with Gasteiger partial charge in [-0.15, -0.1) is 0 Å². The van der Waals surface area contributed by atoms with Gasteiger partial charge in [-0.3, -0.25) is 4.21 Å². The normalized spacial score (nSPS) is 12.5. The van der Waals surface area contributed by atoms with Gasteiger partial charge in [-0.25, -0.2) is 14.1 Å². The highest BCUT2D eigenvalue weighted by Crippen LogP contribution is 2.13. The molecule has 7 heteroatoms. The quantitative estimate of drug-likeness (QED) is 0.720. The maximum atomic E-state index is 12.9. The number of aromatic nitrogens is 3. The minimum Gasteiger partial charge on any atom is -0.445 e. The van der Waals surface area contributed by atoms with E-state index in [4.69, 9.17) is 4.42 Å². The first kappa shape index (κ1) is 15.6. The predicted octanol–water partition coefficient (Wildman–Crippen LogP) is 3.07. The van der Waals surface area contributed by atoms with Crippen LogP contribution in [0.4, 0.5) is 4.39 Å². The van der Waals surface area contributed by atoms with Crippen molar-refractivity contribution in [3.63, 3.8) is 0 Å². The Morgan fingerprint density at radius 3 is 2.57 bits per heavy atom. The molecule has 0 spiro atoms. The molecular formula is C16H16FN3O2S. The summed E-state index contributed by atoms with van der Waals surface area (Å²) in [6, 6.07) is 7.83. The van der Waals surface area contributed by atoms with E-state index in [0.717, 1.165) is 17.1 Å². The minimum atomic E-state index is -1.16. The zero-order valence-electron chi connectivity index (χ0n) is 12.8. The number of hydrogen-bond acceptors (Lipinski definition) is 4. The molecule has 2 heterocycles. The zero-order valence-corrected chi connectivity index (χ0v) is 13.6. The molecular weight excluding hydrogens is 317 g/mol. The molecule has 0 aliphatic heterocycles. The van der Waals surface area contributed by atoms with Gasteiger partial charge in [0.2, 0.25) is 5.89 Å². The Morgan fingerprint density at radius 2 is 1.91 bits per heavy atom. The SMILES string of the molecule is Cc1nc(C[S@@](=O)Cc2ccn(-c3ccc(F)cc3)n2)oc1C. The first-order valence-electron chi connectivity index (χ1n) is 7.09. The van der Waals surface area contributed by atoms with E-state index in [1.54, 1.807) is 29.1 Å². The van der Waals surface area contributed by atoms with Crippen molar-refractivity contribution in [2.75, 3.05) is 0 Å². The second-order valence-electron chi connectivity index (χ2n) is 5.21. The molecule has 0 fully saturated rings. The van der Waals surface area contributed by atoms with Gasteiger partial charge in [0.25, 0.3) is 0 Å². The molecule has 23 heavy (non-hydrogen) atoms. The topological polar surface area (TPSA) is 60.9 Å². The third kappa shape index (κ3) is 3.73. The monoisotopic (exact) mass is 333 g/mol. The molecule has 0 N–H and O–H groups in total. The molecule has 120 valence electrons. The Bertz CT molecular complexity index is 820. The van der Waals surface area contributed by atoms with E-state index in [1.165, 1.54) is 12.1 Å². The molecule has 0 unspecified atom stereocenters. The standard InChI is InChI=1S/C16H16FN3O2S/c1-11-12(2)22-16(18-11)10-23(21)9-14-7-8-20(19-14)15-5-3-13(17)4-6-15/h3-8H,9-10H2,1-2H3/t23-/m0/s1. The summed E-state index contributed by atoms with van der Waals surface area (Å²) in [6.45, 7) is 3.69. The lowest BCUT2D eigenvalue weighted by atomic mass is 10.3. The van der Waals surface area contributed by atoms with Crippen LogP contribution in [0.1, 0.15) is 23.0 Å². The maximum absolute atomic E-state index is 12.9. The lowest BCUT2D eigenvalue weighted by Gasteiger charge is -2.00. The molecule has 0 aliphatic rings. The molecule has 0 saturated heterocycles. The van der Waals surface area contributed by atoms with Gasteiger partial charge in [-0.1, -0.05) is 0 Å². The van der Waals surface area contributed by atoms with Crippen LogP contribution in [0.25, 0.3) is 5.69 Å². The summed E-state index contributed by atoms with van der Waals surface area (Å²) < 4.78 is 32.2. The average molecular weight is 333 g/mol. The van der Waals surface area contributed by atoms with Crippen molar-refractivity contribution in [3.8, 4) is 5.69 Å². The van der Waals surface area contributed by atoms with Crippen molar-refractivity contribution in [1.82, 2.24) is 14.8 Å². The van der Waals surface area contributed by atoms with Crippen LogP contribution in [0, 0.1) is 19.7 Å². The fraction of sp³-hybridized carbons (Fsp3) is 0.250. The first-order chi connectivity index (χ1) is 11.0. The third-order valence-corrected chi connectivity index (χ3v) is 4.59. The Labute approximate surface area is 135 Å². The van der Waals surface area contributed by atoms with Gasteiger partial charge < -0.3 is 4.42 Å². The number of hydrogen-bond donors (Lipinski definition) is 0. The summed E-state index contributed by atoms with van der Waals surface area (Å²) in [5.41, 5.74) is 2.27. The molecule has 3 aromatic rings.